The summed E-state index contributed by atoms with van der Waals surface area (Å²) >= 11 is 0. The fourth-order valence-electron chi connectivity index (χ4n) is 4.52. The molecule has 1 aliphatic heterocycles. The predicted octanol–water partition coefficient (Wildman–Crippen LogP) is 2.39. The van der Waals surface area contributed by atoms with Gasteiger partial charge in [-0.3, -0.25) is 0 Å². The van der Waals surface area contributed by atoms with E-state index in [-0.39, 0.29) is 11.9 Å². The van der Waals surface area contributed by atoms with Crippen LogP contribution in [0.4, 0.5) is 14.9 Å². The van der Waals surface area contributed by atoms with Gasteiger partial charge in [0.05, 0.1) is 12.8 Å². The van der Waals surface area contributed by atoms with E-state index >= 15 is 0 Å². The normalized spacial score (nSPS) is 18.4. The lowest BCUT2D eigenvalue weighted by Gasteiger charge is -2.24. The van der Waals surface area contributed by atoms with E-state index in [4.69, 9.17) is 4.74 Å². The number of aromatic nitrogens is 1. The highest BCUT2D eigenvalue weighted by Crippen LogP contribution is 2.39. The van der Waals surface area contributed by atoms with Crippen molar-refractivity contribution < 1.29 is 22.3 Å². The maximum Gasteiger partial charge on any atom is 0.333 e. The van der Waals surface area contributed by atoms with Gasteiger partial charge >= 0.3 is 16.2 Å². The van der Waals surface area contributed by atoms with Crippen LogP contribution in [0.15, 0.2) is 24.4 Å². The number of pyridine rings is 1. The highest BCUT2D eigenvalue weighted by molar-refractivity contribution is 7.87. The maximum atomic E-state index is 14.8. The van der Waals surface area contributed by atoms with Gasteiger partial charge in [-0.15, -0.1) is 0 Å². The molecule has 1 unspecified atom stereocenters. The Morgan fingerprint density at radius 3 is 2.76 bits per heavy atom. The number of fused-ring (bicyclic) bond motifs is 1. The van der Waals surface area contributed by atoms with Crippen molar-refractivity contribution in [3.05, 3.63) is 41.3 Å². The van der Waals surface area contributed by atoms with Crippen LogP contribution in [0, 0.1) is 5.82 Å². The van der Waals surface area contributed by atoms with E-state index in [0.29, 0.717) is 59.6 Å². The van der Waals surface area contributed by atoms with Crippen LogP contribution in [0.25, 0.3) is 11.1 Å². The van der Waals surface area contributed by atoms with Gasteiger partial charge in [0.2, 0.25) is 5.88 Å². The van der Waals surface area contributed by atoms with Gasteiger partial charge in [-0.05, 0) is 68.1 Å². The number of nitrogens with zero attached hydrogens (tertiary/aromatic N) is 3. The number of benzene rings is 1. The highest BCUT2D eigenvalue weighted by Gasteiger charge is 2.32. The summed E-state index contributed by atoms with van der Waals surface area (Å²) < 4.78 is 48.9. The Morgan fingerprint density at radius 1 is 1.30 bits per heavy atom. The molecule has 2 heterocycles. The maximum absolute atomic E-state index is 14.8. The number of ether oxygens (including phenoxy) is 1. The molecule has 1 atom stereocenters. The lowest BCUT2D eigenvalue weighted by atomic mass is 9.97. The number of anilines is 1. The molecule has 2 amide bonds. The summed E-state index contributed by atoms with van der Waals surface area (Å²) in [7, 11) is 0.805. The number of amides is 2. The monoisotopic (exact) mass is 477 g/mol. The Kier molecular flexibility index (Phi) is 6.55. The average Bonchev–Trinajstić information content (AvgIpc) is 3.44. The molecule has 0 saturated carbocycles. The van der Waals surface area contributed by atoms with Crippen molar-refractivity contribution in [1.82, 2.24) is 18.9 Å². The van der Waals surface area contributed by atoms with Gasteiger partial charge in [0.1, 0.15) is 5.82 Å². The van der Waals surface area contributed by atoms with Crippen molar-refractivity contribution in [3.8, 4) is 17.0 Å². The first-order chi connectivity index (χ1) is 15.7. The van der Waals surface area contributed by atoms with Crippen LogP contribution in [0.5, 0.6) is 5.88 Å². The van der Waals surface area contributed by atoms with Crippen LogP contribution in [0.2, 0.25) is 0 Å². The minimum absolute atomic E-state index is 0.213. The smallest absolute Gasteiger partial charge is 0.333 e. The number of carbonyl (C=O) groups excluding carboxylic acids is 1. The van der Waals surface area contributed by atoms with E-state index in [1.807, 2.05) is 11.9 Å². The Hall–Kier alpha value is -2.76. The largest absolute Gasteiger partial charge is 0.481 e. The molecule has 1 aromatic heterocycles. The molecule has 1 saturated heterocycles. The second kappa shape index (κ2) is 9.24. The first-order valence-electron chi connectivity index (χ1n) is 10.8. The number of nitrogens with one attached hydrogen (secondary N) is 2. The molecule has 33 heavy (non-hydrogen) atoms. The lowest BCUT2D eigenvalue weighted by Crippen LogP contribution is -2.48. The molecule has 1 aromatic carbocycles. The van der Waals surface area contributed by atoms with Gasteiger partial charge in [0.25, 0.3) is 0 Å². The Bertz CT molecular complexity index is 1170. The van der Waals surface area contributed by atoms with Crippen LogP contribution < -0.4 is 14.8 Å². The Labute approximate surface area is 193 Å². The van der Waals surface area contributed by atoms with E-state index in [1.165, 1.54) is 30.7 Å². The standard InChI is InChI=1S/C22H28FN5O4S/c1-27-10-8-15(13-27)28(2)33(30,31)26-22(29)25-21-17-6-4-5-16(17)19(23)12-18(21)14-7-9-24-20(11-14)32-3/h7,9,11-12,15H,4-6,8,10,13H2,1-3H3,(H2,25,26,29). The van der Waals surface area contributed by atoms with Crippen molar-refractivity contribution in [2.75, 3.05) is 39.6 Å². The van der Waals surface area contributed by atoms with E-state index in [0.717, 1.165) is 13.0 Å². The van der Waals surface area contributed by atoms with Gasteiger partial charge in [-0.1, -0.05) is 0 Å². The van der Waals surface area contributed by atoms with E-state index in [2.05, 4.69) is 15.0 Å². The van der Waals surface area contributed by atoms with Crippen LogP contribution in [-0.2, 0) is 23.1 Å². The summed E-state index contributed by atoms with van der Waals surface area (Å²) in [6, 6.07) is 3.58. The minimum Gasteiger partial charge on any atom is -0.481 e. The SMILES string of the molecule is COc1cc(-c2cc(F)c3c(c2NC(=O)NS(=O)(=O)N(C)C2CCN(C)C2)CCC3)ccn1. The number of urea groups is 1. The fourth-order valence-corrected chi connectivity index (χ4v) is 5.52. The summed E-state index contributed by atoms with van der Waals surface area (Å²) in [4.78, 5) is 18.9. The number of halogens is 1. The van der Waals surface area contributed by atoms with Gasteiger partial charge in [0, 0.05) is 37.5 Å². The summed E-state index contributed by atoms with van der Waals surface area (Å²) in [5, 5.41) is 2.69. The third-order valence-electron chi connectivity index (χ3n) is 6.32. The van der Waals surface area contributed by atoms with E-state index in [1.54, 1.807) is 12.1 Å². The molecule has 0 bridgehead atoms. The summed E-state index contributed by atoms with van der Waals surface area (Å²) in [6.07, 6.45) is 4.12. The van der Waals surface area contributed by atoms with E-state index in [9.17, 15) is 17.6 Å². The number of hydrogen-bond donors (Lipinski definition) is 2. The third kappa shape index (κ3) is 4.80. The highest BCUT2D eigenvalue weighted by atomic mass is 32.2. The molecule has 178 valence electrons. The second-order valence-electron chi connectivity index (χ2n) is 8.46. The summed E-state index contributed by atoms with van der Waals surface area (Å²) in [6.45, 7) is 1.38. The average molecular weight is 478 g/mol. The van der Waals surface area contributed by atoms with Crippen molar-refractivity contribution in [2.45, 2.75) is 31.7 Å². The quantitative estimate of drug-likeness (QED) is 0.662. The predicted molar refractivity (Wildman–Crippen MR) is 123 cm³/mol. The molecule has 0 radical (unpaired) electrons. The molecule has 11 heteroatoms. The molecule has 2 aromatic rings. The first-order valence-corrected chi connectivity index (χ1v) is 12.2. The van der Waals surface area contributed by atoms with Gasteiger partial charge < -0.3 is 15.0 Å². The van der Waals surface area contributed by atoms with Gasteiger partial charge in [-0.2, -0.15) is 12.7 Å². The first kappa shape index (κ1) is 23.4. The summed E-state index contributed by atoms with van der Waals surface area (Å²) in [5.74, 6) is -0.00788. The Morgan fingerprint density at radius 2 is 2.06 bits per heavy atom. The number of carbonyl (C=O) groups is 1. The number of methoxy groups -OCH3 is 1. The number of rotatable bonds is 6. The molecule has 4 rings (SSSR count). The molecule has 2 aliphatic rings. The number of likely N-dealkylation sites (tertiary alicyclic amines) is 1. The van der Waals surface area contributed by atoms with Crippen molar-refractivity contribution >= 4 is 21.9 Å². The number of hydrogen-bond acceptors (Lipinski definition) is 6. The molecule has 0 spiro atoms. The summed E-state index contributed by atoms with van der Waals surface area (Å²) in [5.41, 5.74) is 2.66. The minimum atomic E-state index is -4.06. The lowest BCUT2D eigenvalue weighted by molar-refractivity contribution is 0.255. The van der Waals surface area contributed by atoms with Crippen LogP contribution >= 0.6 is 0 Å². The van der Waals surface area contributed by atoms with Gasteiger partial charge in [0.15, 0.2) is 0 Å². The van der Waals surface area contributed by atoms with Crippen LogP contribution in [0.1, 0.15) is 24.0 Å². The molecule has 2 N–H and O–H groups in total. The third-order valence-corrected chi connectivity index (χ3v) is 7.82. The van der Waals surface area contributed by atoms with Crippen molar-refractivity contribution in [2.24, 2.45) is 0 Å². The fraction of sp³-hybridized carbons (Fsp3) is 0.455. The van der Waals surface area contributed by atoms with Crippen LogP contribution in [-0.4, -0.2) is 69.0 Å². The molecular weight excluding hydrogens is 449 g/mol. The second-order valence-corrected chi connectivity index (χ2v) is 10.2. The van der Waals surface area contributed by atoms with Crippen LogP contribution in [0.3, 0.4) is 0 Å². The van der Waals surface area contributed by atoms with E-state index < -0.39 is 16.2 Å². The number of likely N-dealkylation sites (N-methyl/N-ethyl adjacent to an activating group) is 2. The van der Waals surface area contributed by atoms with Crippen molar-refractivity contribution in [3.63, 3.8) is 0 Å². The zero-order valence-electron chi connectivity index (χ0n) is 18.9. The molecule has 1 aliphatic carbocycles. The molecule has 9 nitrogen and oxygen atoms in total. The Balaban J connectivity index is 1.63. The molecular formula is C22H28FN5O4S. The van der Waals surface area contributed by atoms with Crippen molar-refractivity contribution in [1.29, 1.82) is 0 Å². The molecule has 1 fully saturated rings. The zero-order chi connectivity index (χ0) is 23.8. The topological polar surface area (TPSA) is 104 Å². The zero-order valence-corrected chi connectivity index (χ0v) is 19.7. The van der Waals surface area contributed by atoms with Gasteiger partial charge in [-0.25, -0.2) is 18.9 Å².